The lowest BCUT2D eigenvalue weighted by Crippen LogP contribution is -2.43. The third-order valence-corrected chi connectivity index (χ3v) is 5.28. The third-order valence-electron chi connectivity index (χ3n) is 3.37. The van der Waals surface area contributed by atoms with Crippen molar-refractivity contribution < 1.29 is 22.7 Å². The second kappa shape index (κ2) is 6.37. The number of aryl methyl sites for hydroxylation is 1. The fraction of sp³-hybridized carbons (Fsp3) is 0.188. The number of carbonyl (C=O) groups is 1. The van der Waals surface area contributed by atoms with E-state index in [-0.39, 0.29) is 10.6 Å². The standard InChI is InChI=1S/C16H16FNO4S/c1-11-3-9-15(10-4-11)23(21,22)18(12(2)16(19)20)14-7-5-13(17)6-8-14/h3-10,12H,1-2H3,(H,19,20)/t12-/m0/s1. The number of nitrogens with zero attached hydrogens (tertiary/aromatic N) is 1. The van der Waals surface area contributed by atoms with E-state index in [1.54, 1.807) is 12.1 Å². The minimum atomic E-state index is -4.10. The molecule has 0 saturated carbocycles. The molecule has 0 aliphatic rings. The van der Waals surface area contributed by atoms with E-state index in [2.05, 4.69) is 0 Å². The topological polar surface area (TPSA) is 74.7 Å². The fourth-order valence-electron chi connectivity index (χ4n) is 2.08. The van der Waals surface area contributed by atoms with Crippen molar-refractivity contribution in [1.29, 1.82) is 0 Å². The number of aliphatic carboxylic acids is 1. The van der Waals surface area contributed by atoms with E-state index in [1.165, 1.54) is 31.2 Å². The van der Waals surface area contributed by atoms with Crippen molar-refractivity contribution in [3.63, 3.8) is 0 Å². The van der Waals surface area contributed by atoms with Crippen LogP contribution >= 0.6 is 0 Å². The van der Waals surface area contributed by atoms with Crippen molar-refractivity contribution in [2.45, 2.75) is 24.8 Å². The lowest BCUT2D eigenvalue weighted by molar-refractivity contribution is -0.137. The highest BCUT2D eigenvalue weighted by Crippen LogP contribution is 2.26. The number of hydrogen-bond donors (Lipinski definition) is 1. The summed E-state index contributed by atoms with van der Waals surface area (Å²) in [7, 11) is -4.10. The molecule has 0 spiro atoms. The summed E-state index contributed by atoms with van der Waals surface area (Å²) in [5.74, 6) is -1.84. The van der Waals surface area contributed by atoms with E-state index in [0.717, 1.165) is 22.0 Å². The zero-order valence-corrected chi connectivity index (χ0v) is 13.4. The summed E-state index contributed by atoms with van der Waals surface area (Å²) >= 11 is 0. The predicted octanol–water partition coefficient (Wildman–Crippen LogP) is 2.80. The average molecular weight is 337 g/mol. The van der Waals surface area contributed by atoms with E-state index in [1.807, 2.05) is 6.92 Å². The zero-order valence-electron chi connectivity index (χ0n) is 12.6. The Bertz CT molecular complexity index is 801. The maximum absolute atomic E-state index is 13.1. The highest BCUT2D eigenvalue weighted by Gasteiger charge is 2.33. The lowest BCUT2D eigenvalue weighted by atomic mass is 10.2. The van der Waals surface area contributed by atoms with E-state index in [0.29, 0.717) is 0 Å². The van der Waals surface area contributed by atoms with E-state index < -0.39 is 27.9 Å². The van der Waals surface area contributed by atoms with Gasteiger partial charge in [-0.05, 0) is 50.2 Å². The van der Waals surface area contributed by atoms with Gasteiger partial charge in [-0.2, -0.15) is 0 Å². The van der Waals surface area contributed by atoms with Crippen molar-refractivity contribution in [3.05, 3.63) is 59.9 Å². The second-order valence-corrected chi connectivity index (χ2v) is 6.92. The van der Waals surface area contributed by atoms with Gasteiger partial charge >= 0.3 is 5.97 Å². The number of carboxylic acids is 1. The summed E-state index contributed by atoms with van der Waals surface area (Å²) in [5.41, 5.74) is 0.963. The molecule has 23 heavy (non-hydrogen) atoms. The molecule has 0 heterocycles. The van der Waals surface area contributed by atoms with Crippen LogP contribution in [0.15, 0.2) is 53.4 Å². The summed E-state index contributed by atoms with van der Waals surface area (Å²) in [5, 5.41) is 9.24. The molecule has 7 heteroatoms. The van der Waals surface area contributed by atoms with Crippen molar-refractivity contribution in [3.8, 4) is 0 Å². The molecule has 0 fully saturated rings. The molecule has 1 atom stereocenters. The molecule has 5 nitrogen and oxygen atoms in total. The number of sulfonamides is 1. The molecule has 2 rings (SSSR count). The van der Waals surface area contributed by atoms with Crippen LogP contribution in [-0.2, 0) is 14.8 Å². The van der Waals surface area contributed by atoms with Gasteiger partial charge in [0.05, 0.1) is 10.6 Å². The van der Waals surface area contributed by atoms with Gasteiger partial charge in [0.25, 0.3) is 10.0 Å². The van der Waals surface area contributed by atoms with E-state index in [9.17, 15) is 22.7 Å². The molecule has 2 aromatic carbocycles. The highest BCUT2D eigenvalue weighted by molar-refractivity contribution is 7.92. The Kier molecular flexibility index (Phi) is 4.70. The predicted molar refractivity (Wildman–Crippen MR) is 84.3 cm³/mol. The number of carboxylic acid groups (broad SMARTS) is 1. The Labute approximate surface area is 134 Å². The minimum Gasteiger partial charge on any atom is -0.480 e. The first-order valence-corrected chi connectivity index (χ1v) is 8.27. The van der Waals surface area contributed by atoms with Gasteiger partial charge in [-0.15, -0.1) is 0 Å². The van der Waals surface area contributed by atoms with E-state index >= 15 is 0 Å². The van der Waals surface area contributed by atoms with Gasteiger partial charge < -0.3 is 5.11 Å². The molecule has 0 radical (unpaired) electrons. The average Bonchev–Trinajstić information content (AvgIpc) is 2.49. The lowest BCUT2D eigenvalue weighted by Gasteiger charge is -2.28. The maximum Gasteiger partial charge on any atom is 0.327 e. The third kappa shape index (κ3) is 3.50. The van der Waals surface area contributed by atoms with Crippen molar-refractivity contribution in [1.82, 2.24) is 0 Å². The van der Waals surface area contributed by atoms with Crippen LogP contribution in [0.4, 0.5) is 10.1 Å². The molecular formula is C16H16FNO4S. The van der Waals surface area contributed by atoms with Gasteiger partial charge in [0.2, 0.25) is 0 Å². The molecule has 122 valence electrons. The molecule has 1 N–H and O–H groups in total. The molecule has 0 aliphatic heterocycles. The molecular weight excluding hydrogens is 321 g/mol. The normalized spacial score (nSPS) is 12.7. The van der Waals surface area contributed by atoms with Crippen LogP contribution in [0.2, 0.25) is 0 Å². The first-order chi connectivity index (χ1) is 10.7. The molecule has 2 aromatic rings. The first kappa shape index (κ1) is 17.0. The Balaban J connectivity index is 2.58. The number of benzene rings is 2. The zero-order chi connectivity index (χ0) is 17.2. The van der Waals surface area contributed by atoms with Gasteiger partial charge in [0.15, 0.2) is 0 Å². The number of anilines is 1. The monoisotopic (exact) mass is 337 g/mol. The van der Waals surface area contributed by atoms with Crippen LogP contribution in [0.25, 0.3) is 0 Å². The molecule has 0 saturated heterocycles. The SMILES string of the molecule is Cc1ccc(S(=O)(=O)N(c2ccc(F)cc2)[C@@H](C)C(=O)O)cc1. The van der Waals surface area contributed by atoms with Gasteiger partial charge in [0.1, 0.15) is 11.9 Å². The summed E-state index contributed by atoms with van der Waals surface area (Å²) in [6.07, 6.45) is 0. The number of halogens is 1. The molecule has 0 amide bonds. The second-order valence-electron chi connectivity index (χ2n) is 5.10. The molecule has 0 unspecified atom stereocenters. The van der Waals surface area contributed by atoms with E-state index in [4.69, 9.17) is 0 Å². The smallest absolute Gasteiger partial charge is 0.327 e. The number of rotatable bonds is 5. The van der Waals surface area contributed by atoms with Crippen LogP contribution in [-0.4, -0.2) is 25.5 Å². The molecule has 0 bridgehead atoms. The van der Waals surface area contributed by atoms with Crippen LogP contribution in [0.3, 0.4) is 0 Å². The highest BCUT2D eigenvalue weighted by atomic mass is 32.2. The Hall–Kier alpha value is -2.41. The van der Waals surface area contributed by atoms with Crippen LogP contribution < -0.4 is 4.31 Å². The van der Waals surface area contributed by atoms with Gasteiger partial charge in [0, 0.05) is 0 Å². The Morgan fingerprint density at radius 2 is 1.61 bits per heavy atom. The largest absolute Gasteiger partial charge is 0.480 e. The van der Waals surface area contributed by atoms with Gasteiger partial charge in [-0.3, -0.25) is 4.31 Å². The van der Waals surface area contributed by atoms with Crippen molar-refractivity contribution >= 4 is 21.7 Å². The summed E-state index contributed by atoms with van der Waals surface area (Å²) in [6.45, 7) is 3.07. The van der Waals surface area contributed by atoms with Crippen molar-refractivity contribution in [2.24, 2.45) is 0 Å². The summed E-state index contributed by atoms with van der Waals surface area (Å²) in [4.78, 5) is 11.3. The van der Waals surface area contributed by atoms with Gasteiger partial charge in [-0.25, -0.2) is 17.6 Å². The number of hydrogen-bond acceptors (Lipinski definition) is 3. The molecule has 0 aromatic heterocycles. The maximum atomic E-state index is 13.1. The van der Waals surface area contributed by atoms with Crippen LogP contribution in [0.5, 0.6) is 0 Å². The minimum absolute atomic E-state index is 0.0273. The Morgan fingerprint density at radius 3 is 2.09 bits per heavy atom. The first-order valence-electron chi connectivity index (χ1n) is 6.83. The van der Waals surface area contributed by atoms with Crippen molar-refractivity contribution in [2.75, 3.05) is 4.31 Å². The van der Waals surface area contributed by atoms with Crippen LogP contribution in [0.1, 0.15) is 12.5 Å². The quantitative estimate of drug-likeness (QED) is 0.910. The van der Waals surface area contributed by atoms with Gasteiger partial charge in [-0.1, -0.05) is 17.7 Å². The summed E-state index contributed by atoms with van der Waals surface area (Å²) in [6, 6.07) is 9.38. The fourth-order valence-corrected chi connectivity index (χ4v) is 3.70. The summed E-state index contributed by atoms with van der Waals surface area (Å²) < 4.78 is 39.6. The molecule has 0 aliphatic carbocycles. The van der Waals surface area contributed by atoms with Crippen LogP contribution in [0, 0.1) is 12.7 Å². The Morgan fingerprint density at radius 1 is 1.09 bits per heavy atom.